The summed E-state index contributed by atoms with van der Waals surface area (Å²) in [5, 5.41) is 3.81. The Bertz CT molecular complexity index is 357. The third kappa shape index (κ3) is 4.64. The minimum atomic E-state index is -0.292. The monoisotopic (exact) mass is 290 g/mol. The number of benzene rings is 1. The molecule has 1 aromatic carbocycles. The molecule has 0 atom stereocenters. The van der Waals surface area contributed by atoms with Crippen molar-refractivity contribution < 1.29 is 4.79 Å². The summed E-state index contributed by atoms with van der Waals surface area (Å²) >= 11 is 9.20. The molecule has 0 unspecified atom stereocenters. The van der Waals surface area contributed by atoms with Gasteiger partial charge in [-0.2, -0.15) is 0 Å². The summed E-state index contributed by atoms with van der Waals surface area (Å²) in [6.07, 6.45) is 0.356. The van der Waals surface area contributed by atoms with Gasteiger partial charge in [0.2, 0.25) is 5.91 Å². The van der Waals surface area contributed by atoms with Crippen molar-refractivity contribution in [3.63, 3.8) is 0 Å². The largest absolute Gasteiger partial charge is 0.370 e. The Morgan fingerprint density at radius 3 is 2.87 bits per heavy atom. The van der Waals surface area contributed by atoms with E-state index in [0.717, 1.165) is 10.0 Å². The fourth-order valence-electron chi connectivity index (χ4n) is 1.09. The number of hydrogen-bond acceptors (Lipinski definition) is 2. The van der Waals surface area contributed by atoms with E-state index < -0.39 is 0 Å². The van der Waals surface area contributed by atoms with E-state index >= 15 is 0 Å². The molecular weight excluding hydrogens is 279 g/mol. The number of carbonyl (C=O) groups excluding carboxylic acids is 1. The minimum absolute atomic E-state index is 0.292. The first kappa shape index (κ1) is 12.5. The van der Waals surface area contributed by atoms with Crippen molar-refractivity contribution in [2.24, 2.45) is 5.73 Å². The molecule has 15 heavy (non-hydrogen) atoms. The molecule has 0 fully saturated rings. The van der Waals surface area contributed by atoms with Gasteiger partial charge < -0.3 is 11.1 Å². The molecule has 3 nitrogen and oxygen atoms in total. The Morgan fingerprint density at radius 1 is 1.53 bits per heavy atom. The van der Waals surface area contributed by atoms with Crippen LogP contribution < -0.4 is 11.1 Å². The van der Waals surface area contributed by atoms with E-state index in [-0.39, 0.29) is 5.91 Å². The molecule has 1 amide bonds. The van der Waals surface area contributed by atoms with Crippen LogP contribution in [0.1, 0.15) is 12.0 Å². The summed E-state index contributed by atoms with van der Waals surface area (Å²) in [5.74, 6) is -0.292. The highest BCUT2D eigenvalue weighted by Crippen LogP contribution is 2.22. The minimum Gasteiger partial charge on any atom is -0.370 e. The van der Waals surface area contributed by atoms with Crippen molar-refractivity contribution >= 4 is 33.4 Å². The summed E-state index contributed by atoms with van der Waals surface area (Å²) in [6.45, 7) is 1.29. The zero-order valence-electron chi connectivity index (χ0n) is 8.09. The molecular formula is C10H12BrClN2O. The van der Waals surface area contributed by atoms with Gasteiger partial charge in [0.05, 0.1) is 5.02 Å². The predicted molar refractivity (Wildman–Crippen MR) is 64.7 cm³/mol. The number of carbonyl (C=O) groups is 1. The maximum atomic E-state index is 10.5. The SMILES string of the molecule is NC(=O)CCNCc1ccc(Cl)c(Br)c1. The molecule has 5 heteroatoms. The molecule has 82 valence electrons. The van der Waals surface area contributed by atoms with E-state index in [1.807, 2.05) is 18.2 Å². The molecule has 0 saturated carbocycles. The smallest absolute Gasteiger partial charge is 0.218 e. The maximum Gasteiger partial charge on any atom is 0.218 e. The van der Waals surface area contributed by atoms with Crippen LogP contribution >= 0.6 is 27.5 Å². The Kier molecular flexibility index (Phi) is 5.08. The zero-order chi connectivity index (χ0) is 11.3. The van der Waals surface area contributed by atoms with Crippen molar-refractivity contribution in [3.05, 3.63) is 33.3 Å². The molecule has 0 aliphatic heterocycles. The summed E-state index contributed by atoms with van der Waals surface area (Å²) in [4.78, 5) is 10.5. The lowest BCUT2D eigenvalue weighted by molar-refractivity contribution is -0.117. The lowest BCUT2D eigenvalue weighted by Gasteiger charge is -2.04. The van der Waals surface area contributed by atoms with Gasteiger partial charge in [-0.05, 0) is 33.6 Å². The number of nitrogens with two attached hydrogens (primary N) is 1. The van der Waals surface area contributed by atoms with Gasteiger partial charge >= 0.3 is 0 Å². The third-order valence-corrected chi connectivity index (χ3v) is 3.08. The average Bonchev–Trinajstić information content (AvgIpc) is 2.18. The van der Waals surface area contributed by atoms with Crippen molar-refractivity contribution in [1.82, 2.24) is 5.32 Å². The van der Waals surface area contributed by atoms with Crippen LogP contribution in [0.4, 0.5) is 0 Å². The highest BCUT2D eigenvalue weighted by Gasteiger charge is 1.99. The van der Waals surface area contributed by atoms with Crippen LogP contribution in [0.15, 0.2) is 22.7 Å². The van der Waals surface area contributed by atoms with Gasteiger partial charge in [0.1, 0.15) is 0 Å². The van der Waals surface area contributed by atoms with Crippen LogP contribution in [0.5, 0.6) is 0 Å². The zero-order valence-corrected chi connectivity index (χ0v) is 10.4. The molecule has 3 N–H and O–H groups in total. The maximum absolute atomic E-state index is 10.5. The van der Waals surface area contributed by atoms with Gasteiger partial charge in [0.25, 0.3) is 0 Å². The van der Waals surface area contributed by atoms with Crippen molar-refractivity contribution in [1.29, 1.82) is 0 Å². The first-order chi connectivity index (χ1) is 7.09. The first-order valence-corrected chi connectivity index (χ1v) is 5.69. The topological polar surface area (TPSA) is 55.1 Å². The van der Waals surface area contributed by atoms with E-state index in [9.17, 15) is 4.79 Å². The van der Waals surface area contributed by atoms with Crippen LogP contribution in [0.25, 0.3) is 0 Å². The van der Waals surface area contributed by atoms with Crippen molar-refractivity contribution in [2.45, 2.75) is 13.0 Å². The van der Waals surface area contributed by atoms with E-state index in [0.29, 0.717) is 24.5 Å². The number of nitrogens with one attached hydrogen (secondary N) is 1. The second-order valence-electron chi connectivity index (χ2n) is 3.14. The van der Waals surface area contributed by atoms with Gasteiger partial charge in [-0.25, -0.2) is 0 Å². The molecule has 0 radical (unpaired) electrons. The molecule has 0 aliphatic carbocycles. The molecule has 0 aromatic heterocycles. The van der Waals surface area contributed by atoms with Gasteiger partial charge in [0.15, 0.2) is 0 Å². The van der Waals surface area contributed by atoms with E-state index in [2.05, 4.69) is 21.2 Å². The number of hydrogen-bond donors (Lipinski definition) is 2. The fourth-order valence-corrected chi connectivity index (χ4v) is 1.64. The van der Waals surface area contributed by atoms with Crippen LogP contribution in [0, 0.1) is 0 Å². The van der Waals surface area contributed by atoms with Gasteiger partial charge in [-0.15, -0.1) is 0 Å². The summed E-state index contributed by atoms with van der Waals surface area (Å²) in [7, 11) is 0. The summed E-state index contributed by atoms with van der Waals surface area (Å²) in [5.41, 5.74) is 6.12. The second kappa shape index (κ2) is 6.10. The van der Waals surface area contributed by atoms with E-state index in [1.54, 1.807) is 0 Å². The Morgan fingerprint density at radius 2 is 2.27 bits per heavy atom. The highest BCUT2D eigenvalue weighted by molar-refractivity contribution is 9.10. The molecule has 0 aliphatic rings. The number of amides is 1. The standard InChI is InChI=1S/C10H12BrClN2O/c11-8-5-7(1-2-9(8)12)6-14-4-3-10(13)15/h1-2,5,14H,3-4,6H2,(H2,13,15). The summed E-state index contributed by atoms with van der Waals surface area (Å²) in [6, 6.07) is 5.71. The Balaban J connectivity index is 2.38. The van der Waals surface area contributed by atoms with Crippen molar-refractivity contribution in [2.75, 3.05) is 6.54 Å². The normalized spacial score (nSPS) is 10.3. The van der Waals surface area contributed by atoms with E-state index in [1.165, 1.54) is 0 Å². The Hall–Kier alpha value is -0.580. The fraction of sp³-hybridized carbons (Fsp3) is 0.300. The first-order valence-electron chi connectivity index (χ1n) is 4.52. The summed E-state index contributed by atoms with van der Waals surface area (Å²) < 4.78 is 0.873. The predicted octanol–water partition coefficient (Wildman–Crippen LogP) is 2.07. The number of halogens is 2. The lowest BCUT2D eigenvalue weighted by Crippen LogP contribution is -2.21. The van der Waals surface area contributed by atoms with Gasteiger partial charge in [0, 0.05) is 24.0 Å². The third-order valence-electron chi connectivity index (χ3n) is 1.86. The quantitative estimate of drug-likeness (QED) is 0.816. The molecule has 0 saturated heterocycles. The average molecular weight is 292 g/mol. The van der Waals surface area contributed by atoms with Gasteiger partial charge in [-0.3, -0.25) is 4.79 Å². The van der Waals surface area contributed by atoms with Gasteiger partial charge in [-0.1, -0.05) is 17.7 Å². The molecule has 1 rings (SSSR count). The molecule has 0 spiro atoms. The van der Waals surface area contributed by atoms with Crippen LogP contribution in [-0.2, 0) is 11.3 Å². The number of primary amides is 1. The molecule has 0 bridgehead atoms. The van der Waals surface area contributed by atoms with Crippen LogP contribution in [0.2, 0.25) is 5.02 Å². The van der Waals surface area contributed by atoms with E-state index in [4.69, 9.17) is 17.3 Å². The molecule has 0 heterocycles. The van der Waals surface area contributed by atoms with Crippen molar-refractivity contribution in [3.8, 4) is 0 Å². The van der Waals surface area contributed by atoms with Crippen LogP contribution in [0.3, 0.4) is 0 Å². The Labute approximate surface area is 102 Å². The number of rotatable bonds is 5. The highest BCUT2D eigenvalue weighted by atomic mass is 79.9. The lowest BCUT2D eigenvalue weighted by atomic mass is 10.2. The second-order valence-corrected chi connectivity index (χ2v) is 4.40. The molecule has 1 aromatic rings. The van der Waals surface area contributed by atoms with Crippen LogP contribution in [-0.4, -0.2) is 12.5 Å².